The number of fused-ring (bicyclic) bond motifs is 1. The number of nitrogens with zero attached hydrogens (tertiary/aromatic N) is 3. The number of H-pyrrole nitrogens is 1. The van der Waals surface area contributed by atoms with Crippen molar-refractivity contribution in [3.05, 3.63) is 69.8 Å². The summed E-state index contributed by atoms with van der Waals surface area (Å²) in [6, 6.07) is 6.58. The van der Waals surface area contributed by atoms with Gasteiger partial charge in [-0.05, 0) is 72.1 Å². The van der Waals surface area contributed by atoms with E-state index in [0.717, 1.165) is 30.8 Å². The lowest BCUT2D eigenvalue weighted by atomic mass is 9.92. The standard InChI is InChI=1S/C25H21F6N5OS/c26-24(27,28)17-4-2-15(19(12-17)25(29,30)31)11-18(14-3-5-20-16(10-14)13-33-35-20)21-22(37)34-23(38-21)36-8-1-6-32-7-9-36/h2-5,10,12-13,32H,1,6-9,11H2,(H,33,35). The highest BCUT2D eigenvalue weighted by Crippen LogP contribution is 2.42. The average Bonchev–Trinajstić information content (AvgIpc) is 3.38. The first-order valence-corrected chi connectivity index (χ1v) is 12.5. The van der Waals surface area contributed by atoms with Gasteiger partial charge in [-0.3, -0.25) is 9.89 Å². The highest BCUT2D eigenvalue weighted by molar-refractivity contribution is 8.18. The van der Waals surface area contributed by atoms with Crippen molar-refractivity contribution >= 4 is 39.3 Å². The number of amidine groups is 1. The molecule has 2 aliphatic rings. The third kappa shape index (κ3) is 5.44. The zero-order valence-corrected chi connectivity index (χ0v) is 20.5. The van der Waals surface area contributed by atoms with Crippen molar-refractivity contribution < 1.29 is 31.1 Å². The molecule has 0 saturated carbocycles. The zero-order valence-electron chi connectivity index (χ0n) is 19.7. The summed E-state index contributed by atoms with van der Waals surface area (Å²) in [4.78, 5) is 19.4. The van der Waals surface area contributed by atoms with Crippen molar-refractivity contribution in [2.75, 3.05) is 26.2 Å². The molecule has 3 heterocycles. The Kier molecular flexibility index (Phi) is 6.99. The van der Waals surface area contributed by atoms with Crippen LogP contribution in [0.15, 0.2) is 52.5 Å². The highest BCUT2D eigenvalue weighted by Gasteiger charge is 2.39. The lowest BCUT2D eigenvalue weighted by Gasteiger charge is -2.21. The van der Waals surface area contributed by atoms with Crippen molar-refractivity contribution in [3.63, 3.8) is 0 Å². The summed E-state index contributed by atoms with van der Waals surface area (Å²) >= 11 is 1.08. The second-order valence-electron chi connectivity index (χ2n) is 8.92. The minimum Gasteiger partial charge on any atom is -0.349 e. The maximum absolute atomic E-state index is 13.9. The van der Waals surface area contributed by atoms with Crippen molar-refractivity contribution in [1.29, 1.82) is 0 Å². The summed E-state index contributed by atoms with van der Waals surface area (Å²) < 4.78 is 81.5. The summed E-state index contributed by atoms with van der Waals surface area (Å²) in [5, 5.41) is 11.1. The van der Waals surface area contributed by atoms with E-state index < -0.39 is 35.8 Å². The topological polar surface area (TPSA) is 73.4 Å². The van der Waals surface area contributed by atoms with Gasteiger partial charge >= 0.3 is 12.4 Å². The Morgan fingerprint density at radius 2 is 1.82 bits per heavy atom. The number of allylic oxidation sites excluding steroid dienone is 1. The molecule has 38 heavy (non-hydrogen) atoms. The zero-order chi connectivity index (χ0) is 27.1. The number of aliphatic imine (C=N–C) groups is 1. The quantitative estimate of drug-likeness (QED) is 0.332. The molecule has 200 valence electrons. The number of rotatable bonds is 3. The number of benzene rings is 2. The number of nitrogens with one attached hydrogen (secondary N) is 2. The van der Waals surface area contributed by atoms with E-state index in [1.807, 2.05) is 4.90 Å². The van der Waals surface area contributed by atoms with Crippen LogP contribution in [-0.2, 0) is 23.6 Å². The highest BCUT2D eigenvalue weighted by atomic mass is 32.2. The minimum atomic E-state index is -5.03. The van der Waals surface area contributed by atoms with Crippen LogP contribution >= 0.6 is 11.8 Å². The predicted molar refractivity (Wildman–Crippen MR) is 132 cm³/mol. The molecule has 3 aromatic rings. The first-order chi connectivity index (χ1) is 18.0. The third-order valence-electron chi connectivity index (χ3n) is 6.37. The van der Waals surface area contributed by atoms with Gasteiger partial charge in [0.1, 0.15) is 0 Å². The molecule has 0 aliphatic carbocycles. The van der Waals surface area contributed by atoms with Gasteiger partial charge in [-0.25, -0.2) is 0 Å². The fraction of sp³-hybridized carbons (Fsp3) is 0.320. The SMILES string of the molecule is O=C1N=C(N2CCCNCC2)SC1=C(Cc1ccc(C(F)(F)F)cc1C(F)(F)F)c1ccc2[nH]ncc2c1. The maximum Gasteiger partial charge on any atom is 0.416 e. The van der Waals surface area contributed by atoms with E-state index in [0.29, 0.717) is 47.3 Å². The van der Waals surface area contributed by atoms with Crippen molar-refractivity contribution in [3.8, 4) is 0 Å². The summed E-state index contributed by atoms with van der Waals surface area (Å²) in [5.41, 5.74) is -1.78. The number of thioether (sulfide) groups is 1. The van der Waals surface area contributed by atoms with Crippen LogP contribution in [-0.4, -0.2) is 52.4 Å². The number of hydrogen-bond donors (Lipinski definition) is 2. The lowest BCUT2D eigenvalue weighted by molar-refractivity contribution is -0.143. The number of alkyl halides is 6. The minimum absolute atomic E-state index is 0.118. The van der Waals surface area contributed by atoms with Crippen LogP contribution < -0.4 is 5.32 Å². The van der Waals surface area contributed by atoms with E-state index in [2.05, 4.69) is 20.5 Å². The molecule has 0 bridgehead atoms. The fourth-order valence-electron chi connectivity index (χ4n) is 4.46. The van der Waals surface area contributed by atoms with Crippen molar-refractivity contribution in [2.24, 2.45) is 4.99 Å². The number of carbonyl (C=O) groups excluding carboxylic acids is 1. The number of halogens is 6. The molecule has 1 amide bonds. The second kappa shape index (κ2) is 10.1. The van der Waals surface area contributed by atoms with Gasteiger partial charge in [-0.15, -0.1) is 0 Å². The molecule has 1 saturated heterocycles. The van der Waals surface area contributed by atoms with Gasteiger partial charge in [0.2, 0.25) is 0 Å². The number of hydrogen-bond acceptors (Lipinski definition) is 5. The van der Waals surface area contributed by atoms with Gasteiger partial charge in [0.25, 0.3) is 5.91 Å². The molecule has 1 fully saturated rings. The third-order valence-corrected chi connectivity index (χ3v) is 7.53. The molecule has 2 N–H and O–H groups in total. The number of aromatic nitrogens is 2. The first kappa shape index (κ1) is 26.3. The average molecular weight is 554 g/mol. The van der Waals surface area contributed by atoms with Crippen LogP contribution in [0.1, 0.15) is 28.7 Å². The van der Waals surface area contributed by atoms with Crippen LogP contribution in [0.25, 0.3) is 16.5 Å². The lowest BCUT2D eigenvalue weighted by Crippen LogP contribution is -2.31. The largest absolute Gasteiger partial charge is 0.416 e. The molecule has 6 nitrogen and oxygen atoms in total. The molecular weight excluding hydrogens is 532 g/mol. The maximum atomic E-state index is 13.9. The van der Waals surface area contributed by atoms with Gasteiger partial charge in [0.15, 0.2) is 5.17 Å². The summed E-state index contributed by atoms with van der Waals surface area (Å²) in [6.45, 7) is 2.78. The second-order valence-corrected chi connectivity index (χ2v) is 9.89. The number of amides is 1. The first-order valence-electron chi connectivity index (χ1n) is 11.7. The molecule has 0 radical (unpaired) electrons. The van der Waals surface area contributed by atoms with Crippen LogP contribution in [0.4, 0.5) is 26.3 Å². The van der Waals surface area contributed by atoms with Crippen molar-refractivity contribution in [2.45, 2.75) is 25.2 Å². The molecule has 0 spiro atoms. The van der Waals surface area contributed by atoms with Crippen molar-refractivity contribution in [1.82, 2.24) is 20.4 Å². The van der Waals surface area contributed by atoms with E-state index >= 15 is 0 Å². The van der Waals surface area contributed by atoms with Gasteiger partial charge in [0.05, 0.1) is 27.7 Å². The molecule has 13 heteroatoms. The number of aromatic amines is 1. The van der Waals surface area contributed by atoms with Crippen LogP contribution in [0, 0.1) is 0 Å². The van der Waals surface area contributed by atoms with Gasteiger partial charge in [0, 0.05) is 25.0 Å². The van der Waals surface area contributed by atoms with E-state index in [1.54, 1.807) is 18.2 Å². The van der Waals surface area contributed by atoms with E-state index in [-0.39, 0.29) is 22.1 Å². The molecule has 2 aromatic carbocycles. The Hall–Kier alpha value is -3.32. The molecule has 0 unspecified atom stereocenters. The molecule has 5 rings (SSSR count). The van der Waals surface area contributed by atoms with Crippen LogP contribution in [0.3, 0.4) is 0 Å². The Morgan fingerprint density at radius 1 is 1.00 bits per heavy atom. The smallest absolute Gasteiger partial charge is 0.349 e. The fourth-order valence-corrected chi connectivity index (χ4v) is 5.53. The Labute approximate surface area is 217 Å². The summed E-state index contributed by atoms with van der Waals surface area (Å²) in [6.07, 6.45) is -8.02. The Balaban J connectivity index is 1.60. The van der Waals surface area contributed by atoms with Crippen LogP contribution in [0.5, 0.6) is 0 Å². The van der Waals surface area contributed by atoms with Gasteiger partial charge < -0.3 is 10.2 Å². The monoisotopic (exact) mass is 553 g/mol. The summed E-state index contributed by atoms with van der Waals surface area (Å²) in [5.74, 6) is -0.593. The van der Waals surface area contributed by atoms with E-state index in [9.17, 15) is 31.1 Å². The predicted octanol–water partition coefficient (Wildman–Crippen LogP) is 5.48. The van der Waals surface area contributed by atoms with Gasteiger partial charge in [-0.2, -0.15) is 36.4 Å². The normalized spacial score (nSPS) is 18.6. The van der Waals surface area contributed by atoms with E-state index in [4.69, 9.17) is 0 Å². The van der Waals surface area contributed by atoms with Gasteiger partial charge in [-0.1, -0.05) is 12.1 Å². The summed E-state index contributed by atoms with van der Waals surface area (Å²) in [7, 11) is 0. The molecule has 1 aromatic heterocycles. The Bertz CT molecular complexity index is 1430. The Morgan fingerprint density at radius 3 is 2.58 bits per heavy atom. The number of carbonyl (C=O) groups is 1. The molecular formula is C25H21F6N5OS. The molecule has 2 aliphatic heterocycles. The van der Waals surface area contributed by atoms with E-state index in [1.165, 1.54) is 6.20 Å². The van der Waals surface area contributed by atoms with Crippen LogP contribution in [0.2, 0.25) is 0 Å². The molecule has 0 atom stereocenters.